The molecule has 0 aliphatic rings. The molecule has 1 atom stereocenters. The molecule has 8 heteroatoms. The first-order valence-corrected chi connectivity index (χ1v) is 11.9. The van der Waals surface area contributed by atoms with Crippen molar-refractivity contribution in [2.24, 2.45) is 0 Å². The smallest absolute Gasteiger partial charge is 0.263 e. The fourth-order valence-electron chi connectivity index (χ4n) is 3.74. The van der Waals surface area contributed by atoms with Crippen molar-refractivity contribution in [1.29, 1.82) is 0 Å². The van der Waals surface area contributed by atoms with Gasteiger partial charge < -0.3 is 15.0 Å². The highest BCUT2D eigenvalue weighted by atomic mass is 32.1. The Balaban J connectivity index is 1.59. The zero-order chi connectivity index (χ0) is 24.4. The number of thiophene rings is 1. The lowest BCUT2D eigenvalue weighted by Crippen LogP contribution is -2.36. The Labute approximate surface area is 202 Å². The van der Waals surface area contributed by atoms with Gasteiger partial charge in [-0.1, -0.05) is 18.2 Å². The number of nitrogens with zero attached hydrogens (tertiary/aromatic N) is 3. The third-order valence-electron chi connectivity index (χ3n) is 5.63. The molecule has 176 valence electrons. The van der Waals surface area contributed by atoms with Crippen molar-refractivity contribution in [3.63, 3.8) is 0 Å². The number of fused-ring (bicyclic) bond motifs is 1. The Kier molecular flexibility index (Phi) is 6.81. The van der Waals surface area contributed by atoms with Crippen molar-refractivity contribution in [1.82, 2.24) is 14.5 Å². The monoisotopic (exact) mass is 476 g/mol. The van der Waals surface area contributed by atoms with Gasteiger partial charge in [0.1, 0.15) is 28.2 Å². The van der Waals surface area contributed by atoms with Gasteiger partial charge in [-0.25, -0.2) is 4.98 Å². The summed E-state index contributed by atoms with van der Waals surface area (Å²) in [5.41, 5.74) is 1.36. The van der Waals surface area contributed by atoms with E-state index in [0.29, 0.717) is 29.2 Å². The third-order valence-corrected chi connectivity index (χ3v) is 6.73. The van der Waals surface area contributed by atoms with Crippen LogP contribution < -0.4 is 15.6 Å². The molecule has 0 radical (unpaired) electrons. The van der Waals surface area contributed by atoms with E-state index in [2.05, 4.69) is 5.32 Å². The van der Waals surface area contributed by atoms with Crippen LogP contribution in [0.2, 0.25) is 0 Å². The van der Waals surface area contributed by atoms with Gasteiger partial charge in [0.2, 0.25) is 5.91 Å². The summed E-state index contributed by atoms with van der Waals surface area (Å²) in [6.07, 6.45) is 0. The number of carbonyl (C=O) groups excluding carboxylic acids is 1. The Bertz CT molecular complexity index is 1380. The normalized spacial score (nSPS) is 12.2. The van der Waals surface area contributed by atoms with Gasteiger partial charge in [0.15, 0.2) is 0 Å². The molecule has 0 aliphatic carbocycles. The lowest BCUT2D eigenvalue weighted by atomic mass is 10.2. The van der Waals surface area contributed by atoms with Crippen LogP contribution in [0.25, 0.3) is 10.2 Å². The number of aromatic nitrogens is 2. The van der Waals surface area contributed by atoms with Gasteiger partial charge in [-0.2, -0.15) is 0 Å². The number of rotatable bonds is 7. The number of hydrogen-bond acceptors (Lipinski definition) is 6. The zero-order valence-corrected chi connectivity index (χ0v) is 20.8. The van der Waals surface area contributed by atoms with Gasteiger partial charge in [0.25, 0.3) is 5.56 Å². The standard InChI is InChI=1S/C26H28N4O3S/c1-16-18(3)34-25-23(16)26(32)30(22(28-25)15-29(4)5)17(2)24(31)27-19-11-13-21(14-12-19)33-20-9-7-6-8-10-20/h6-14,17H,15H2,1-5H3,(H,27,31). The molecule has 0 fully saturated rings. The molecule has 0 saturated carbocycles. The highest BCUT2D eigenvalue weighted by molar-refractivity contribution is 7.18. The molecule has 1 unspecified atom stereocenters. The van der Waals surface area contributed by atoms with Crippen molar-refractivity contribution in [2.75, 3.05) is 19.4 Å². The fourth-order valence-corrected chi connectivity index (χ4v) is 4.78. The van der Waals surface area contributed by atoms with E-state index in [1.165, 1.54) is 15.9 Å². The number of nitrogens with one attached hydrogen (secondary N) is 1. The van der Waals surface area contributed by atoms with E-state index >= 15 is 0 Å². The summed E-state index contributed by atoms with van der Waals surface area (Å²) >= 11 is 1.51. The molecule has 2 aromatic heterocycles. The largest absolute Gasteiger partial charge is 0.457 e. The molecule has 2 aromatic carbocycles. The molecule has 1 N–H and O–H groups in total. The van der Waals surface area contributed by atoms with E-state index in [9.17, 15) is 9.59 Å². The third kappa shape index (κ3) is 4.88. The molecule has 7 nitrogen and oxygen atoms in total. The number of ether oxygens (including phenoxy) is 1. The van der Waals surface area contributed by atoms with Crippen LogP contribution in [-0.4, -0.2) is 34.5 Å². The number of carbonyl (C=O) groups is 1. The van der Waals surface area contributed by atoms with E-state index in [1.54, 1.807) is 31.2 Å². The Morgan fingerprint density at radius 3 is 2.38 bits per heavy atom. The number of anilines is 1. The van der Waals surface area contributed by atoms with Crippen LogP contribution in [0.1, 0.15) is 29.2 Å². The molecule has 4 rings (SSSR count). The highest BCUT2D eigenvalue weighted by Gasteiger charge is 2.24. The molecule has 34 heavy (non-hydrogen) atoms. The van der Waals surface area contributed by atoms with Gasteiger partial charge in [-0.3, -0.25) is 14.2 Å². The minimum absolute atomic E-state index is 0.182. The zero-order valence-electron chi connectivity index (χ0n) is 20.0. The predicted molar refractivity (Wildman–Crippen MR) is 137 cm³/mol. The number of benzene rings is 2. The van der Waals surface area contributed by atoms with Crippen LogP contribution in [0.4, 0.5) is 5.69 Å². The summed E-state index contributed by atoms with van der Waals surface area (Å²) in [6.45, 7) is 6.09. The second-order valence-electron chi connectivity index (χ2n) is 8.51. The van der Waals surface area contributed by atoms with Crippen molar-refractivity contribution in [3.8, 4) is 11.5 Å². The minimum atomic E-state index is -0.737. The van der Waals surface area contributed by atoms with E-state index in [1.807, 2.05) is 63.2 Å². The van der Waals surface area contributed by atoms with E-state index < -0.39 is 6.04 Å². The summed E-state index contributed by atoms with van der Waals surface area (Å²) in [4.78, 5) is 35.1. The summed E-state index contributed by atoms with van der Waals surface area (Å²) in [5, 5.41) is 3.50. The Hall–Kier alpha value is -3.49. The van der Waals surface area contributed by atoms with Crippen LogP contribution in [0.3, 0.4) is 0 Å². The maximum atomic E-state index is 13.5. The Morgan fingerprint density at radius 1 is 1.09 bits per heavy atom. The van der Waals surface area contributed by atoms with Gasteiger partial charge in [0, 0.05) is 10.6 Å². The van der Waals surface area contributed by atoms with Gasteiger partial charge in [-0.15, -0.1) is 11.3 Å². The van der Waals surface area contributed by atoms with Crippen LogP contribution in [-0.2, 0) is 11.3 Å². The molecule has 4 aromatic rings. The molecule has 0 spiro atoms. The van der Waals surface area contributed by atoms with Crippen molar-refractivity contribution in [3.05, 3.63) is 81.2 Å². The second-order valence-corrected chi connectivity index (χ2v) is 9.71. The van der Waals surface area contributed by atoms with Crippen LogP contribution in [0.15, 0.2) is 59.4 Å². The first kappa shape index (κ1) is 23.7. The quantitative estimate of drug-likeness (QED) is 0.400. The maximum absolute atomic E-state index is 13.5. The topological polar surface area (TPSA) is 76.5 Å². The lowest BCUT2D eigenvalue weighted by molar-refractivity contribution is -0.119. The molecule has 2 heterocycles. The van der Waals surface area contributed by atoms with E-state index in [0.717, 1.165) is 21.0 Å². The number of aryl methyl sites for hydroxylation is 2. The van der Waals surface area contributed by atoms with Crippen LogP contribution in [0, 0.1) is 13.8 Å². The van der Waals surface area contributed by atoms with Crippen molar-refractivity contribution < 1.29 is 9.53 Å². The van der Waals surface area contributed by atoms with Gasteiger partial charge in [0.05, 0.1) is 11.9 Å². The second kappa shape index (κ2) is 9.79. The number of hydrogen-bond donors (Lipinski definition) is 1. The average molecular weight is 477 g/mol. The first-order chi connectivity index (χ1) is 16.2. The average Bonchev–Trinajstić information content (AvgIpc) is 3.08. The van der Waals surface area contributed by atoms with Crippen LogP contribution >= 0.6 is 11.3 Å². The van der Waals surface area contributed by atoms with E-state index in [-0.39, 0.29) is 11.5 Å². The molecule has 0 bridgehead atoms. The maximum Gasteiger partial charge on any atom is 0.263 e. The first-order valence-electron chi connectivity index (χ1n) is 11.0. The highest BCUT2D eigenvalue weighted by Crippen LogP contribution is 2.28. The molecular formula is C26H28N4O3S. The molecular weight excluding hydrogens is 448 g/mol. The lowest BCUT2D eigenvalue weighted by Gasteiger charge is -2.21. The minimum Gasteiger partial charge on any atom is -0.457 e. The fraction of sp³-hybridized carbons (Fsp3) is 0.269. The van der Waals surface area contributed by atoms with Crippen LogP contribution in [0.5, 0.6) is 11.5 Å². The number of para-hydroxylation sites is 1. The van der Waals surface area contributed by atoms with Crippen molar-refractivity contribution in [2.45, 2.75) is 33.4 Å². The number of amides is 1. The van der Waals surface area contributed by atoms with Gasteiger partial charge in [-0.05, 0) is 76.8 Å². The molecule has 0 saturated heterocycles. The summed E-state index contributed by atoms with van der Waals surface area (Å²) in [7, 11) is 3.82. The van der Waals surface area contributed by atoms with Gasteiger partial charge >= 0.3 is 0 Å². The summed E-state index contributed by atoms with van der Waals surface area (Å²) in [6, 6.07) is 15.9. The Morgan fingerprint density at radius 2 is 1.74 bits per heavy atom. The predicted octanol–water partition coefficient (Wildman–Crippen LogP) is 5.13. The van der Waals surface area contributed by atoms with Crippen molar-refractivity contribution >= 4 is 33.1 Å². The summed E-state index contributed by atoms with van der Waals surface area (Å²) in [5.74, 6) is 1.69. The molecule has 1 amide bonds. The summed E-state index contributed by atoms with van der Waals surface area (Å²) < 4.78 is 7.33. The SMILES string of the molecule is Cc1sc2nc(CN(C)C)n(C(C)C(=O)Nc3ccc(Oc4ccccc4)cc3)c(=O)c2c1C. The van der Waals surface area contributed by atoms with E-state index in [4.69, 9.17) is 9.72 Å². The molecule has 0 aliphatic heterocycles.